The van der Waals surface area contributed by atoms with Gasteiger partial charge in [-0.25, -0.2) is 4.79 Å². The molecule has 0 unspecified atom stereocenters. The number of fused-ring (bicyclic) bond motifs is 3. The number of hydrogen-bond donors (Lipinski definition) is 0. The first-order chi connectivity index (χ1) is 9.29. The summed E-state index contributed by atoms with van der Waals surface area (Å²) < 4.78 is 4.42. The van der Waals surface area contributed by atoms with Crippen molar-refractivity contribution in [3.05, 3.63) is 47.5 Å². The number of rotatable bonds is 1. The molecular weight excluding hydrogens is 242 g/mol. The molecule has 0 saturated carbocycles. The van der Waals surface area contributed by atoms with Gasteiger partial charge in [0.15, 0.2) is 0 Å². The van der Waals surface area contributed by atoms with E-state index in [1.54, 1.807) is 0 Å². The lowest BCUT2D eigenvalue weighted by molar-refractivity contribution is 0.0753. The van der Waals surface area contributed by atoms with Gasteiger partial charge < -0.3 is 4.74 Å². The van der Waals surface area contributed by atoms with Crippen LogP contribution in [-0.4, -0.2) is 19.0 Å². The van der Waals surface area contributed by atoms with Crippen LogP contribution in [0.4, 0.5) is 4.79 Å². The molecule has 2 aromatic carbocycles. The Bertz CT molecular complexity index is 676. The fraction of sp³-hybridized carbons (Fsp3) is 0.200. The first-order valence-electron chi connectivity index (χ1n) is 6.12. The lowest BCUT2D eigenvalue weighted by Gasteiger charge is -2.05. The zero-order valence-corrected chi connectivity index (χ0v) is 10.6. The highest BCUT2D eigenvalue weighted by Gasteiger charge is 2.21. The van der Waals surface area contributed by atoms with Gasteiger partial charge >= 0.3 is 6.16 Å². The van der Waals surface area contributed by atoms with Crippen molar-refractivity contribution in [3.63, 3.8) is 0 Å². The molecular formula is C15H13NO3. The van der Waals surface area contributed by atoms with Crippen LogP contribution in [-0.2, 0) is 16.0 Å². The van der Waals surface area contributed by atoms with Gasteiger partial charge in [0.25, 0.3) is 0 Å². The molecule has 1 aliphatic rings. The lowest BCUT2D eigenvalue weighted by atomic mass is 10.0. The average molecular weight is 255 g/mol. The van der Waals surface area contributed by atoms with Gasteiger partial charge in [-0.05, 0) is 29.2 Å². The highest BCUT2D eigenvalue weighted by atomic mass is 16.8. The van der Waals surface area contributed by atoms with Crippen LogP contribution < -0.4 is 0 Å². The Hall–Kier alpha value is -2.36. The third-order valence-electron chi connectivity index (χ3n) is 3.33. The van der Waals surface area contributed by atoms with E-state index in [2.05, 4.69) is 34.2 Å². The third-order valence-corrected chi connectivity index (χ3v) is 3.33. The summed E-state index contributed by atoms with van der Waals surface area (Å²) in [7, 11) is 1.26. The number of oxime groups is 1. The fourth-order valence-electron chi connectivity index (χ4n) is 2.46. The molecule has 1 aliphatic carbocycles. The number of methoxy groups -OCH3 is 1. The zero-order chi connectivity index (χ0) is 13.2. The van der Waals surface area contributed by atoms with E-state index in [9.17, 15) is 4.79 Å². The number of nitrogens with zero attached hydrogens (tertiary/aromatic N) is 1. The fourth-order valence-corrected chi connectivity index (χ4v) is 2.46. The molecule has 0 aliphatic heterocycles. The predicted molar refractivity (Wildman–Crippen MR) is 72.3 cm³/mol. The van der Waals surface area contributed by atoms with Crippen molar-refractivity contribution < 1.29 is 14.4 Å². The van der Waals surface area contributed by atoms with Crippen molar-refractivity contribution in [1.82, 2.24) is 0 Å². The summed E-state index contributed by atoms with van der Waals surface area (Å²) in [4.78, 5) is 15.7. The van der Waals surface area contributed by atoms with Gasteiger partial charge in [0.2, 0.25) is 0 Å². The number of ether oxygens (including phenoxy) is 1. The summed E-state index contributed by atoms with van der Waals surface area (Å²) in [6, 6.07) is 12.3. The minimum atomic E-state index is -0.791. The van der Waals surface area contributed by atoms with E-state index in [0.717, 1.165) is 34.9 Å². The molecule has 0 atom stereocenters. The Kier molecular flexibility index (Phi) is 2.91. The molecule has 96 valence electrons. The molecule has 0 saturated heterocycles. The molecule has 4 nitrogen and oxygen atoms in total. The Balaban J connectivity index is 2.07. The molecule has 0 radical (unpaired) electrons. The Morgan fingerprint density at radius 2 is 2.00 bits per heavy atom. The molecule has 0 heterocycles. The number of carbonyl (C=O) groups excluding carboxylic acids is 1. The van der Waals surface area contributed by atoms with E-state index in [1.807, 2.05) is 12.1 Å². The topological polar surface area (TPSA) is 47.9 Å². The van der Waals surface area contributed by atoms with Crippen LogP contribution in [0.25, 0.3) is 10.8 Å². The molecule has 2 aromatic rings. The summed E-state index contributed by atoms with van der Waals surface area (Å²) in [6.07, 6.45) is 0.908. The van der Waals surface area contributed by atoms with Gasteiger partial charge in [0.1, 0.15) is 0 Å². The maximum Gasteiger partial charge on any atom is 0.534 e. The van der Waals surface area contributed by atoms with E-state index in [1.165, 1.54) is 12.7 Å². The molecule has 0 bridgehead atoms. The molecule has 0 aromatic heterocycles. The highest BCUT2D eigenvalue weighted by molar-refractivity contribution is 6.14. The van der Waals surface area contributed by atoms with Crippen LogP contribution in [0.3, 0.4) is 0 Å². The van der Waals surface area contributed by atoms with E-state index >= 15 is 0 Å². The minimum Gasteiger partial charge on any atom is -0.436 e. The molecule has 0 fully saturated rings. The molecule has 0 N–H and O–H groups in total. The second-order valence-electron chi connectivity index (χ2n) is 4.40. The van der Waals surface area contributed by atoms with Crippen LogP contribution in [0.15, 0.2) is 41.6 Å². The van der Waals surface area contributed by atoms with Crippen molar-refractivity contribution in [3.8, 4) is 0 Å². The van der Waals surface area contributed by atoms with Crippen LogP contribution >= 0.6 is 0 Å². The monoisotopic (exact) mass is 255 g/mol. The molecule has 19 heavy (non-hydrogen) atoms. The second kappa shape index (κ2) is 4.72. The molecule has 0 spiro atoms. The summed E-state index contributed by atoms with van der Waals surface area (Å²) in [5, 5.41) is 6.23. The Labute approximate surface area is 110 Å². The first-order valence-corrected chi connectivity index (χ1v) is 6.12. The standard InChI is InChI=1S/C15H13NO3/c1-18-15(17)19-16-13-9-8-11-7-6-10-4-2-3-5-12(10)14(11)13/h2-7H,8-9H2,1H3/b16-13-. The predicted octanol–water partition coefficient (Wildman–Crippen LogP) is 3.27. The summed E-state index contributed by atoms with van der Waals surface area (Å²) in [5.74, 6) is 0. The third kappa shape index (κ3) is 2.05. The lowest BCUT2D eigenvalue weighted by Crippen LogP contribution is -2.03. The van der Waals surface area contributed by atoms with Crippen molar-refractivity contribution in [1.29, 1.82) is 0 Å². The number of hydrogen-bond acceptors (Lipinski definition) is 4. The van der Waals surface area contributed by atoms with Crippen LogP contribution in [0.5, 0.6) is 0 Å². The van der Waals surface area contributed by atoms with Gasteiger partial charge in [-0.1, -0.05) is 41.6 Å². The summed E-state index contributed by atoms with van der Waals surface area (Å²) in [6.45, 7) is 0. The SMILES string of the molecule is COC(=O)O/N=C1/CCc2ccc3ccccc3c21. The quantitative estimate of drug-likeness (QED) is 0.446. The van der Waals surface area contributed by atoms with E-state index < -0.39 is 6.16 Å². The summed E-state index contributed by atoms with van der Waals surface area (Å²) in [5.41, 5.74) is 3.13. The maximum absolute atomic E-state index is 11.0. The van der Waals surface area contributed by atoms with Crippen molar-refractivity contribution in [2.75, 3.05) is 7.11 Å². The maximum atomic E-state index is 11.0. The average Bonchev–Trinajstić information content (AvgIpc) is 2.88. The smallest absolute Gasteiger partial charge is 0.436 e. The van der Waals surface area contributed by atoms with Gasteiger partial charge in [0, 0.05) is 5.56 Å². The molecule has 3 rings (SSSR count). The normalized spacial score (nSPS) is 15.5. The number of carbonyl (C=O) groups is 1. The van der Waals surface area contributed by atoms with Crippen LogP contribution in [0, 0.1) is 0 Å². The zero-order valence-electron chi connectivity index (χ0n) is 10.6. The van der Waals surface area contributed by atoms with Gasteiger partial charge in [-0.15, -0.1) is 0 Å². The van der Waals surface area contributed by atoms with Gasteiger partial charge in [-0.3, -0.25) is 4.84 Å². The van der Waals surface area contributed by atoms with E-state index in [-0.39, 0.29) is 0 Å². The van der Waals surface area contributed by atoms with Crippen molar-refractivity contribution in [2.24, 2.45) is 5.16 Å². The van der Waals surface area contributed by atoms with Crippen molar-refractivity contribution in [2.45, 2.75) is 12.8 Å². The Morgan fingerprint density at radius 1 is 1.16 bits per heavy atom. The molecule has 0 amide bonds. The molecule has 4 heteroatoms. The van der Waals surface area contributed by atoms with Crippen molar-refractivity contribution >= 4 is 22.6 Å². The first kappa shape index (κ1) is 11.7. The summed E-state index contributed by atoms with van der Waals surface area (Å²) >= 11 is 0. The van der Waals surface area contributed by atoms with Gasteiger partial charge in [0.05, 0.1) is 12.8 Å². The van der Waals surface area contributed by atoms with Gasteiger partial charge in [-0.2, -0.15) is 0 Å². The highest BCUT2D eigenvalue weighted by Crippen LogP contribution is 2.30. The Morgan fingerprint density at radius 3 is 2.84 bits per heavy atom. The largest absolute Gasteiger partial charge is 0.534 e. The number of benzene rings is 2. The van der Waals surface area contributed by atoms with Crippen LogP contribution in [0.2, 0.25) is 0 Å². The number of aryl methyl sites for hydroxylation is 1. The van der Waals surface area contributed by atoms with E-state index in [0.29, 0.717) is 0 Å². The van der Waals surface area contributed by atoms with E-state index in [4.69, 9.17) is 4.84 Å². The van der Waals surface area contributed by atoms with Crippen LogP contribution in [0.1, 0.15) is 17.5 Å². The second-order valence-corrected chi connectivity index (χ2v) is 4.40. The minimum absolute atomic E-state index is 0.778.